The number of nitrogens with zero attached hydrogens (tertiary/aromatic N) is 3. The van der Waals surface area contributed by atoms with Gasteiger partial charge in [-0.15, -0.1) is 0 Å². The third-order valence-electron chi connectivity index (χ3n) is 4.84. The highest BCUT2D eigenvalue weighted by Gasteiger charge is 2.24. The Balaban J connectivity index is 1.96. The van der Waals surface area contributed by atoms with Gasteiger partial charge in [0, 0.05) is 18.0 Å². The second kappa shape index (κ2) is 6.39. The van der Waals surface area contributed by atoms with Gasteiger partial charge in [0.2, 0.25) is 0 Å². The quantitative estimate of drug-likeness (QED) is 0.661. The lowest BCUT2D eigenvalue weighted by atomic mass is 10.0. The van der Waals surface area contributed by atoms with Crippen LogP contribution in [0.5, 0.6) is 0 Å². The Morgan fingerprint density at radius 2 is 1.72 bits per heavy atom. The van der Waals surface area contributed by atoms with E-state index in [1.165, 1.54) is 24.6 Å². The van der Waals surface area contributed by atoms with E-state index in [2.05, 4.69) is 21.8 Å². The summed E-state index contributed by atoms with van der Waals surface area (Å²) < 4.78 is 28.5. The summed E-state index contributed by atoms with van der Waals surface area (Å²) in [6, 6.07) is 11.8. The number of halogens is 2. The molecule has 0 N–H and O–H groups in total. The fraction of sp³-hybridized carbons (Fsp3) is 0.300. The molecule has 2 aromatic carbocycles. The van der Waals surface area contributed by atoms with Crippen molar-refractivity contribution in [2.45, 2.75) is 32.2 Å². The predicted molar refractivity (Wildman–Crippen MR) is 95.5 cm³/mol. The second-order valence-corrected chi connectivity index (χ2v) is 6.52. The Morgan fingerprint density at radius 1 is 0.960 bits per heavy atom. The number of hydrogen-bond donors (Lipinski definition) is 0. The zero-order valence-electron chi connectivity index (χ0n) is 14.0. The van der Waals surface area contributed by atoms with Gasteiger partial charge >= 0.3 is 0 Å². The van der Waals surface area contributed by atoms with Gasteiger partial charge in [-0.2, -0.15) is 0 Å². The van der Waals surface area contributed by atoms with E-state index in [4.69, 9.17) is 0 Å². The summed E-state index contributed by atoms with van der Waals surface area (Å²) in [5, 5.41) is 0.914. The van der Waals surface area contributed by atoms with E-state index in [1.54, 1.807) is 0 Å². The summed E-state index contributed by atoms with van der Waals surface area (Å²) >= 11 is 0. The molecule has 4 rings (SSSR count). The van der Waals surface area contributed by atoms with Gasteiger partial charge in [0.15, 0.2) is 5.82 Å². The van der Waals surface area contributed by atoms with Crippen LogP contribution in [0.2, 0.25) is 0 Å². The van der Waals surface area contributed by atoms with Crippen LogP contribution in [0.25, 0.3) is 22.3 Å². The van der Waals surface area contributed by atoms with Crippen molar-refractivity contribution in [3.8, 4) is 11.4 Å². The Bertz CT molecular complexity index is 906. The van der Waals surface area contributed by atoms with Gasteiger partial charge < -0.3 is 4.90 Å². The Labute approximate surface area is 145 Å². The smallest absolute Gasteiger partial charge is 0.168 e. The molecule has 1 fully saturated rings. The molecule has 1 unspecified atom stereocenters. The minimum Gasteiger partial charge on any atom is -0.353 e. The third-order valence-corrected chi connectivity index (χ3v) is 4.84. The lowest BCUT2D eigenvalue weighted by Crippen LogP contribution is -2.38. The zero-order valence-corrected chi connectivity index (χ0v) is 14.0. The lowest BCUT2D eigenvalue weighted by molar-refractivity contribution is 0.482. The van der Waals surface area contributed by atoms with Crippen molar-refractivity contribution < 1.29 is 8.78 Å². The fourth-order valence-electron chi connectivity index (χ4n) is 3.51. The number of fused-ring (bicyclic) bond motifs is 1. The predicted octanol–water partition coefficient (Wildman–Crippen LogP) is 4.95. The molecule has 1 aliphatic rings. The second-order valence-electron chi connectivity index (χ2n) is 6.52. The van der Waals surface area contributed by atoms with Gasteiger partial charge in [-0.3, -0.25) is 0 Å². The van der Waals surface area contributed by atoms with Crippen LogP contribution < -0.4 is 4.90 Å². The topological polar surface area (TPSA) is 29.0 Å². The van der Waals surface area contributed by atoms with Crippen LogP contribution in [0, 0.1) is 11.6 Å². The van der Waals surface area contributed by atoms with Crippen molar-refractivity contribution >= 4 is 16.7 Å². The molecule has 3 aromatic rings. The van der Waals surface area contributed by atoms with Crippen LogP contribution in [-0.4, -0.2) is 22.6 Å². The van der Waals surface area contributed by atoms with E-state index in [-0.39, 0.29) is 11.4 Å². The van der Waals surface area contributed by atoms with E-state index < -0.39 is 11.6 Å². The molecule has 25 heavy (non-hydrogen) atoms. The number of hydrogen-bond acceptors (Lipinski definition) is 3. The molecule has 1 atom stereocenters. The number of rotatable bonds is 2. The van der Waals surface area contributed by atoms with E-state index >= 15 is 0 Å². The molecule has 1 aliphatic heterocycles. The summed E-state index contributed by atoms with van der Waals surface area (Å²) in [5.74, 6) is -0.432. The first kappa shape index (κ1) is 15.9. The summed E-state index contributed by atoms with van der Waals surface area (Å²) in [5.41, 5.74) is 0.530. The standard InChI is InChI=1S/C20H19F2N3/c1-13-7-4-5-12-25(13)20-14-8-2-3-11-17(14)23-19(24-20)18-15(21)9-6-10-16(18)22/h2-3,6,8-11,13H,4-5,7,12H2,1H3. The van der Waals surface area contributed by atoms with Gasteiger partial charge in [0.25, 0.3) is 0 Å². The molecule has 5 heteroatoms. The molecule has 1 saturated heterocycles. The molecule has 0 spiro atoms. The van der Waals surface area contributed by atoms with Gasteiger partial charge in [-0.1, -0.05) is 18.2 Å². The van der Waals surface area contributed by atoms with Crippen LogP contribution in [0.3, 0.4) is 0 Å². The first-order chi connectivity index (χ1) is 12.1. The molecule has 0 amide bonds. The van der Waals surface area contributed by atoms with E-state index in [0.29, 0.717) is 11.6 Å². The van der Waals surface area contributed by atoms with Crippen molar-refractivity contribution in [1.82, 2.24) is 9.97 Å². The summed E-state index contributed by atoms with van der Waals surface area (Å²) in [7, 11) is 0. The molecular weight excluding hydrogens is 320 g/mol. The largest absolute Gasteiger partial charge is 0.353 e. The maximum absolute atomic E-state index is 14.3. The number of piperidine rings is 1. The lowest BCUT2D eigenvalue weighted by Gasteiger charge is -2.35. The van der Waals surface area contributed by atoms with Crippen LogP contribution in [-0.2, 0) is 0 Å². The molecule has 0 bridgehead atoms. The Kier molecular flexibility index (Phi) is 4.07. The summed E-state index contributed by atoms with van der Waals surface area (Å²) in [6.45, 7) is 3.06. The first-order valence-electron chi connectivity index (χ1n) is 8.63. The molecule has 2 heterocycles. The average molecular weight is 339 g/mol. The molecule has 128 valence electrons. The van der Waals surface area contributed by atoms with Gasteiger partial charge in [-0.05, 0) is 50.5 Å². The highest BCUT2D eigenvalue weighted by atomic mass is 19.1. The zero-order chi connectivity index (χ0) is 17.4. The summed E-state index contributed by atoms with van der Waals surface area (Å²) in [6.07, 6.45) is 3.36. The van der Waals surface area contributed by atoms with E-state index in [0.717, 1.165) is 30.6 Å². The minimum absolute atomic E-state index is 0.0991. The monoisotopic (exact) mass is 339 g/mol. The number of anilines is 1. The fourth-order valence-corrected chi connectivity index (χ4v) is 3.51. The van der Waals surface area contributed by atoms with Gasteiger partial charge in [0.05, 0.1) is 11.1 Å². The minimum atomic E-state index is -0.645. The van der Waals surface area contributed by atoms with Gasteiger partial charge in [-0.25, -0.2) is 18.7 Å². The van der Waals surface area contributed by atoms with Crippen molar-refractivity contribution in [1.29, 1.82) is 0 Å². The Morgan fingerprint density at radius 3 is 2.48 bits per heavy atom. The average Bonchev–Trinajstić information content (AvgIpc) is 2.61. The van der Waals surface area contributed by atoms with Crippen molar-refractivity contribution in [3.05, 3.63) is 54.1 Å². The molecule has 1 aromatic heterocycles. The van der Waals surface area contributed by atoms with Crippen molar-refractivity contribution in [2.75, 3.05) is 11.4 Å². The maximum Gasteiger partial charge on any atom is 0.168 e. The normalized spacial score (nSPS) is 17.9. The molecule has 0 aliphatic carbocycles. The number of benzene rings is 2. The van der Waals surface area contributed by atoms with Crippen LogP contribution in [0.15, 0.2) is 42.5 Å². The summed E-state index contributed by atoms with van der Waals surface area (Å²) in [4.78, 5) is 11.3. The molecular formula is C20H19F2N3. The number of aromatic nitrogens is 2. The molecule has 3 nitrogen and oxygen atoms in total. The first-order valence-corrected chi connectivity index (χ1v) is 8.63. The van der Waals surface area contributed by atoms with Crippen LogP contribution >= 0.6 is 0 Å². The SMILES string of the molecule is CC1CCCCN1c1nc(-c2c(F)cccc2F)nc2ccccc12. The number of para-hydroxylation sites is 1. The highest BCUT2D eigenvalue weighted by Crippen LogP contribution is 2.32. The van der Waals surface area contributed by atoms with Crippen molar-refractivity contribution in [2.24, 2.45) is 0 Å². The molecule has 0 saturated carbocycles. The maximum atomic E-state index is 14.3. The van der Waals surface area contributed by atoms with E-state index in [9.17, 15) is 8.78 Å². The Hall–Kier alpha value is -2.56. The van der Waals surface area contributed by atoms with Crippen molar-refractivity contribution in [3.63, 3.8) is 0 Å². The molecule has 0 radical (unpaired) electrons. The third kappa shape index (κ3) is 2.84. The highest BCUT2D eigenvalue weighted by molar-refractivity contribution is 5.91. The van der Waals surface area contributed by atoms with Crippen LogP contribution in [0.4, 0.5) is 14.6 Å². The van der Waals surface area contributed by atoms with Gasteiger partial charge in [0.1, 0.15) is 17.5 Å². The van der Waals surface area contributed by atoms with Crippen LogP contribution in [0.1, 0.15) is 26.2 Å². The van der Waals surface area contributed by atoms with E-state index in [1.807, 2.05) is 24.3 Å².